The smallest absolute Gasteiger partial charge is 0.141 e. The summed E-state index contributed by atoms with van der Waals surface area (Å²) in [5.74, 6) is 0.172. The van der Waals surface area contributed by atoms with Crippen molar-refractivity contribution >= 4 is 17.4 Å². The first-order valence-corrected chi connectivity index (χ1v) is 6.39. The van der Waals surface area contributed by atoms with Crippen molar-refractivity contribution < 1.29 is 9.90 Å². The molecule has 0 saturated heterocycles. The highest BCUT2D eigenvalue weighted by Crippen LogP contribution is 2.43. The van der Waals surface area contributed by atoms with Gasteiger partial charge in [0.25, 0.3) is 0 Å². The van der Waals surface area contributed by atoms with Crippen molar-refractivity contribution in [2.75, 3.05) is 0 Å². The molecule has 92 valence electrons. The minimum Gasteiger partial charge on any atom is -0.387 e. The molecule has 2 nitrogen and oxygen atoms in total. The van der Waals surface area contributed by atoms with Gasteiger partial charge in [-0.3, -0.25) is 4.79 Å². The Labute approximate surface area is 107 Å². The molecule has 0 aliphatic heterocycles. The molecule has 1 aromatic carbocycles. The molecular formula is C14H17ClO2. The number of rotatable bonds is 2. The molecule has 0 bridgehead atoms. The van der Waals surface area contributed by atoms with E-state index < -0.39 is 11.5 Å². The number of Topliss-reactive ketones (excluding diaryl/α,β-unsaturated/α-hetero) is 1. The number of aliphatic hydroxyl groups excluding tert-OH is 1. The van der Waals surface area contributed by atoms with Crippen molar-refractivity contribution in [2.24, 2.45) is 5.41 Å². The summed E-state index contributed by atoms with van der Waals surface area (Å²) in [7, 11) is 0. The zero-order valence-electron chi connectivity index (χ0n) is 9.95. The van der Waals surface area contributed by atoms with Gasteiger partial charge < -0.3 is 5.11 Å². The molecule has 0 radical (unpaired) electrons. The zero-order valence-corrected chi connectivity index (χ0v) is 10.7. The summed E-state index contributed by atoms with van der Waals surface area (Å²) in [6.07, 6.45) is 2.57. The van der Waals surface area contributed by atoms with Gasteiger partial charge in [0, 0.05) is 11.4 Å². The van der Waals surface area contributed by atoms with E-state index in [4.69, 9.17) is 11.6 Å². The molecule has 1 saturated carbocycles. The van der Waals surface area contributed by atoms with Gasteiger partial charge in [-0.2, -0.15) is 0 Å². The summed E-state index contributed by atoms with van der Waals surface area (Å²) in [5.41, 5.74) is 0.138. The third-order valence-electron chi connectivity index (χ3n) is 3.78. The van der Waals surface area contributed by atoms with E-state index in [1.165, 1.54) is 0 Å². The molecule has 3 heteroatoms. The molecule has 0 spiro atoms. The van der Waals surface area contributed by atoms with Crippen LogP contribution in [0.15, 0.2) is 24.3 Å². The van der Waals surface area contributed by atoms with Gasteiger partial charge in [-0.05, 0) is 37.5 Å². The van der Waals surface area contributed by atoms with Gasteiger partial charge in [-0.25, -0.2) is 0 Å². The molecule has 2 rings (SSSR count). The van der Waals surface area contributed by atoms with E-state index in [-0.39, 0.29) is 5.78 Å². The van der Waals surface area contributed by atoms with Crippen LogP contribution >= 0.6 is 11.6 Å². The van der Waals surface area contributed by atoms with Crippen LogP contribution < -0.4 is 0 Å². The summed E-state index contributed by atoms with van der Waals surface area (Å²) in [4.78, 5) is 12.0. The fourth-order valence-electron chi connectivity index (χ4n) is 2.50. The van der Waals surface area contributed by atoms with Crippen molar-refractivity contribution in [3.63, 3.8) is 0 Å². The lowest BCUT2D eigenvalue weighted by Crippen LogP contribution is -2.37. The summed E-state index contributed by atoms with van der Waals surface area (Å²) in [6, 6.07) is 7.08. The molecule has 1 N–H and O–H groups in total. The summed E-state index contributed by atoms with van der Waals surface area (Å²) >= 11 is 5.82. The minimum atomic E-state index is -0.729. The Morgan fingerprint density at radius 3 is 2.53 bits per heavy atom. The second-order valence-corrected chi connectivity index (χ2v) is 5.44. The normalized spacial score (nSPS) is 26.9. The topological polar surface area (TPSA) is 37.3 Å². The van der Waals surface area contributed by atoms with Gasteiger partial charge in [0.05, 0.1) is 11.5 Å². The Balaban J connectivity index is 2.26. The number of ketones is 1. The van der Waals surface area contributed by atoms with Gasteiger partial charge in [0.1, 0.15) is 5.78 Å². The van der Waals surface area contributed by atoms with Crippen LogP contribution in [0.25, 0.3) is 0 Å². The predicted octanol–water partition coefficient (Wildman–Crippen LogP) is 3.52. The van der Waals surface area contributed by atoms with Crippen molar-refractivity contribution in [3.8, 4) is 0 Å². The SMILES string of the molecule is CC1(C(O)c2ccc(Cl)cc2)CCCCC1=O. The molecule has 0 heterocycles. The van der Waals surface area contributed by atoms with Crippen LogP contribution in [-0.4, -0.2) is 10.9 Å². The van der Waals surface area contributed by atoms with E-state index in [2.05, 4.69) is 0 Å². The Morgan fingerprint density at radius 1 is 1.29 bits per heavy atom. The number of benzene rings is 1. The standard InChI is InChI=1S/C14H17ClO2/c1-14(9-3-2-4-12(14)16)13(17)10-5-7-11(15)8-6-10/h5-8,13,17H,2-4,9H2,1H3. The monoisotopic (exact) mass is 252 g/mol. The summed E-state index contributed by atoms with van der Waals surface area (Å²) in [5, 5.41) is 11.0. The van der Waals surface area contributed by atoms with Crippen LogP contribution in [0.4, 0.5) is 0 Å². The highest BCUT2D eigenvalue weighted by Gasteiger charge is 2.42. The molecule has 2 atom stereocenters. The van der Waals surface area contributed by atoms with Crippen LogP contribution in [0.5, 0.6) is 0 Å². The number of hydrogen-bond donors (Lipinski definition) is 1. The Kier molecular flexibility index (Phi) is 3.55. The number of carbonyl (C=O) groups is 1. The molecule has 1 fully saturated rings. The first kappa shape index (κ1) is 12.6. The largest absolute Gasteiger partial charge is 0.387 e. The lowest BCUT2D eigenvalue weighted by Gasteiger charge is -2.36. The number of halogens is 1. The van der Waals surface area contributed by atoms with Crippen LogP contribution in [-0.2, 0) is 4.79 Å². The first-order valence-electron chi connectivity index (χ1n) is 6.01. The molecular weight excluding hydrogens is 236 g/mol. The minimum absolute atomic E-state index is 0.172. The third kappa shape index (κ3) is 2.38. The quantitative estimate of drug-likeness (QED) is 0.874. The van der Waals surface area contributed by atoms with Crippen molar-refractivity contribution in [1.29, 1.82) is 0 Å². The molecule has 1 aliphatic carbocycles. The van der Waals surface area contributed by atoms with Gasteiger partial charge in [0.15, 0.2) is 0 Å². The Bertz CT molecular complexity index is 413. The van der Waals surface area contributed by atoms with Gasteiger partial charge in [-0.1, -0.05) is 30.2 Å². The predicted molar refractivity (Wildman–Crippen MR) is 68.0 cm³/mol. The van der Waals surface area contributed by atoms with Crippen LogP contribution in [0, 0.1) is 5.41 Å². The fourth-order valence-corrected chi connectivity index (χ4v) is 2.63. The maximum absolute atomic E-state index is 12.0. The second-order valence-electron chi connectivity index (χ2n) is 5.00. The fraction of sp³-hybridized carbons (Fsp3) is 0.500. The summed E-state index contributed by atoms with van der Waals surface area (Å²) in [6.45, 7) is 1.87. The van der Waals surface area contributed by atoms with E-state index >= 15 is 0 Å². The molecule has 2 unspecified atom stereocenters. The number of hydrogen-bond acceptors (Lipinski definition) is 2. The summed E-state index contributed by atoms with van der Waals surface area (Å²) < 4.78 is 0. The van der Waals surface area contributed by atoms with Gasteiger partial charge in [0.2, 0.25) is 0 Å². The van der Waals surface area contributed by atoms with E-state index in [1.807, 2.05) is 6.92 Å². The van der Waals surface area contributed by atoms with Crippen molar-refractivity contribution in [2.45, 2.75) is 38.7 Å². The van der Waals surface area contributed by atoms with Crippen LogP contribution in [0.1, 0.15) is 44.3 Å². The third-order valence-corrected chi connectivity index (χ3v) is 4.03. The van der Waals surface area contributed by atoms with E-state index in [1.54, 1.807) is 24.3 Å². The lowest BCUT2D eigenvalue weighted by atomic mass is 9.69. The van der Waals surface area contributed by atoms with E-state index in [0.29, 0.717) is 11.4 Å². The molecule has 1 aromatic rings. The average molecular weight is 253 g/mol. The maximum Gasteiger partial charge on any atom is 0.141 e. The van der Waals surface area contributed by atoms with Gasteiger partial charge >= 0.3 is 0 Å². The second kappa shape index (κ2) is 4.79. The first-order chi connectivity index (χ1) is 8.04. The number of carbonyl (C=O) groups excluding carboxylic acids is 1. The zero-order chi connectivity index (χ0) is 12.5. The van der Waals surface area contributed by atoms with Crippen molar-refractivity contribution in [1.82, 2.24) is 0 Å². The highest BCUT2D eigenvalue weighted by molar-refractivity contribution is 6.30. The van der Waals surface area contributed by atoms with E-state index in [0.717, 1.165) is 24.8 Å². The molecule has 1 aliphatic rings. The molecule has 17 heavy (non-hydrogen) atoms. The molecule has 0 amide bonds. The van der Waals surface area contributed by atoms with Gasteiger partial charge in [-0.15, -0.1) is 0 Å². The Hall–Kier alpha value is -0.860. The molecule has 0 aromatic heterocycles. The average Bonchev–Trinajstić information content (AvgIpc) is 2.33. The van der Waals surface area contributed by atoms with Crippen molar-refractivity contribution in [3.05, 3.63) is 34.9 Å². The highest BCUT2D eigenvalue weighted by atomic mass is 35.5. The lowest BCUT2D eigenvalue weighted by molar-refractivity contribution is -0.138. The Morgan fingerprint density at radius 2 is 1.94 bits per heavy atom. The van der Waals surface area contributed by atoms with Crippen LogP contribution in [0.2, 0.25) is 5.02 Å². The van der Waals surface area contributed by atoms with Crippen LogP contribution in [0.3, 0.4) is 0 Å². The van der Waals surface area contributed by atoms with E-state index in [9.17, 15) is 9.90 Å². The maximum atomic E-state index is 12.0. The number of aliphatic hydroxyl groups is 1.